The fourth-order valence-electron chi connectivity index (χ4n) is 4.31. The topological polar surface area (TPSA) is 134 Å². The van der Waals surface area contributed by atoms with Crippen LogP contribution in [0.4, 0.5) is 4.79 Å². The normalized spacial score (nSPS) is 20.4. The van der Waals surface area contributed by atoms with Crippen molar-refractivity contribution in [3.8, 4) is 0 Å². The summed E-state index contributed by atoms with van der Waals surface area (Å²) in [4.78, 5) is 49.6. The number of ether oxygens (including phenoxy) is 1. The molecule has 36 heavy (non-hydrogen) atoms. The summed E-state index contributed by atoms with van der Waals surface area (Å²) < 4.78 is 5.31. The van der Waals surface area contributed by atoms with Gasteiger partial charge in [-0.05, 0) is 63.9 Å². The van der Waals surface area contributed by atoms with E-state index < -0.39 is 29.7 Å². The molecule has 3 unspecified atom stereocenters. The van der Waals surface area contributed by atoms with Gasteiger partial charge in [0.15, 0.2) is 6.04 Å². The van der Waals surface area contributed by atoms with Gasteiger partial charge in [0.25, 0.3) is 0 Å². The van der Waals surface area contributed by atoms with Gasteiger partial charge in [-0.1, -0.05) is 50.6 Å². The number of carbonyl (C=O) groups is 4. The lowest BCUT2D eigenvalue weighted by atomic mass is 9.81. The van der Waals surface area contributed by atoms with Crippen LogP contribution in [0, 0.1) is 17.8 Å². The second kappa shape index (κ2) is 13.3. The van der Waals surface area contributed by atoms with Gasteiger partial charge in [-0.3, -0.25) is 9.59 Å². The van der Waals surface area contributed by atoms with Crippen molar-refractivity contribution < 1.29 is 29.0 Å². The number of amides is 3. The van der Waals surface area contributed by atoms with Crippen LogP contribution in [-0.4, -0.2) is 47.2 Å². The Morgan fingerprint density at radius 2 is 1.64 bits per heavy atom. The van der Waals surface area contributed by atoms with Gasteiger partial charge in [-0.25, -0.2) is 9.59 Å². The van der Waals surface area contributed by atoms with E-state index >= 15 is 0 Å². The van der Waals surface area contributed by atoms with E-state index in [0.29, 0.717) is 31.4 Å². The first kappa shape index (κ1) is 29.1. The average Bonchev–Trinajstić information content (AvgIpc) is 2.83. The Morgan fingerprint density at radius 3 is 2.17 bits per heavy atom. The van der Waals surface area contributed by atoms with E-state index in [4.69, 9.17) is 4.74 Å². The van der Waals surface area contributed by atoms with Crippen LogP contribution in [0.2, 0.25) is 0 Å². The molecule has 1 aliphatic carbocycles. The first-order valence-corrected chi connectivity index (χ1v) is 12.8. The molecule has 3 amide bonds. The Morgan fingerprint density at radius 1 is 1.03 bits per heavy atom. The molecule has 9 nitrogen and oxygen atoms in total. The summed E-state index contributed by atoms with van der Waals surface area (Å²) in [5.74, 6) is -1.72. The average molecular weight is 504 g/mol. The minimum atomic E-state index is -1.10. The molecule has 0 radical (unpaired) electrons. The number of benzene rings is 1. The Bertz CT molecular complexity index is 891. The SMILES string of the molecule is CCC(C)C(NC(=O)OC(C)(C)C)C(=O)NCC1CCC(C(=O)NC(C(=O)O)c2ccccc2)CC1. The molecule has 1 aromatic carbocycles. The molecule has 0 saturated heterocycles. The maximum absolute atomic E-state index is 12.9. The number of hydrogen-bond donors (Lipinski definition) is 4. The Balaban J connectivity index is 1.85. The fraction of sp³-hybridized carbons (Fsp3) is 0.630. The molecular formula is C27H41N3O6. The largest absolute Gasteiger partial charge is 0.479 e. The van der Waals surface area contributed by atoms with Gasteiger partial charge >= 0.3 is 12.1 Å². The molecule has 0 bridgehead atoms. The zero-order valence-electron chi connectivity index (χ0n) is 22.0. The fourth-order valence-corrected chi connectivity index (χ4v) is 4.31. The van der Waals surface area contributed by atoms with E-state index in [2.05, 4.69) is 16.0 Å². The summed E-state index contributed by atoms with van der Waals surface area (Å²) in [7, 11) is 0. The van der Waals surface area contributed by atoms with Crippen molar-refractivity contribution in [2.75, 3.05) is 6.54 Å². The highest BCUT2D eigenvalue weighted by Crippen LogP contribution is 2.29. The third-order valence-electron chi connectivity index (χ3n) is 6.62. The standard InChI is InChI=1S/C27H41N3O6/c1-6-17(2)21(30-26(35)36-27(3,4)5)24(32)28-16-18-12-14-20(15-13-18)23(31)29-22(25(33)34)19-10-8-7-9-11-19/h7-11,17-18,20-22H,6,12-16H2,1-5H3,(H,28,32)(H,29,31)(H,30,35)(H,33,34). The molecule has 0 spiro atoms. The summed E-state index contributed by atoms with van der Waals surface area (Å²) in [6, 6.07) is 6.87. The van der Waals surface area contributed by atoms with E-state index in [1.165, 1.54) is 0 Å². The molecule has 1 aliphatic rings. The summed E-state index contributed by atoms with van der Waals surface area (Å²) in [5.41, 5.74) is -0.123. The molecule has 1 aromatic rings. The molecule has 0 aliphatic heterocycles. The van der Waals surface area contributed by atoms with Crippen molar-refractivity contribution in [2.24, 2.45) is 17.8 Å². The van der Waals surface area contributed by atoms with Crippen LogP contribution in [0.25, 0.3) is 0 Å². The van der Waals surface area contributed by atoms with Gasteiger partial charge in [0.2, 0.25) is 11.8 Å². The maximum atomic E-state index is 12.9. The van der Waals surface area contributed by atoms with Gasteiger partial charge in [0.05, 0.1) is 0 Å². The van der Waals surface area contributed by atoms with E-state index in [1.54, 1.807) is 51.1 Å². The molecule has 9 heteroatoms. The van der Waals surface area contributed by atoms with Crippen LogP contribution >= 0.6 is 0 Å². The van der Waals surface area contributed by atoms with Gasteiger partial charge < -0.3 is 25.8 Å². The third-order valence-corrected chi connectivity index (χ3v) is 6.62. The number of carboxylic acid groups (broad SMARTS) is 1. The van der Waals surface area contributed by atoms with Crippen molar-refractivity contribution in [1.29, 1.82) is 0 Å². The number of nitrogens with one attached hydrogen (secondary N) is 3. The zero-order valence-corrected chi connectivity index (χ0v) is 22.0. The molecular weight excluding hydrogens is 462 g/mol. The van der Waals surface area contributed by atoms with Gasteiger partial charge in [-0.2, -0.15) is 0 Å². The van der Waals surface area contributed by atoms with Crippen LogP contribution in [0.1, 0.15) is 78.3 Å². The summed E-state index contributed by atoms with van der Waals surface area (Å²) >= 11 is 0. The molecule has 1 fully saturated rings. The van der Waals surface area contributed by atoms with Crippen molar-refractivity contribution in [3.63, 3.8) is 0 Å². The number of rotatable bonds is 10. The molecule has 200 valence electrons. The molecule has 1 saturated carbocycles. The molecule has 4 N–H and O–H groups in total. The number of carboxylic acids is 1. The van der Waals surface area contributed by atoms with E-state index in [9.17, 15) is 24.3 Å². The van der Waals surface area contributed by atoms with Gasteiger partial charge in [-0.15, -0.1) is 0 Å². The lowest BCUT2D eigenvalue weighted by Gasteiger charge is -2.30. The Hall–Kier alpha value is -3.10. The number of aliphatic carboxylic acids is 1. The maximum Gasteiger partial charge on any atom is 0.408 e. The van der Waals surface area contributed by atoms with E-state index in [-0.39, 0.29) is 29.6 Å². The summed E-state index contributed by atoms with van der Waals surface area (Å²) in [6.45, 7) is 9.63. The number of hydrogen-bond acceptors (Lipinski definition) is 5. The minimum absolute atomic E-state index is 0.0660. The van der Waals surface area contributed by atoms with Crippen LogP contribution < -0.4 is 16.0 Å². The second-order valence-corrected chi connectivity index (χ2v) is 10.7. The van der Waals surface area contributed by atoms with Crippen LogP contribution in [-0.2, 0) is 19.1 Å². The summed E-state index contributed by atoms with van der Waals surface area (Å²) in [5, 5.41) is 17.9. The van der Waals surface area contributed by atoms with Crippen molar-refractivity contribution in [3.05, 3.63) is 35.9 Å². The first-order chi connectivity index (χ1) is 16.9. The predicted molar refractivity (Wildman–Crippen MR) is 136 cm³/mol. The minimum Gasteiger partial charge on any atom is -0.479 e. The Kier molecular flexibility index (Phi) is 10.7. The second-order valence-electron chi connectivity index (χ2n) is 10.7. The van der Waals surface area contributed by atoms with E-state index in [1.807, 2.05) is 13.8 Å². The lowest BCUT2D eigenvalue weighted by Crippen LogP contribution is -2.52. The zero-order chi connectivity index (χ0) is 26.9. The first-order valence-electron chi connectivity index (χ1n) is 12.8. The Labute approximate surface area is 213 Å². The van der Waals surface area contributed by atoms with Gasteiger partial charge in [0.1, 0.15) is 11.6 Å². The molecule has 0 aromatic heterocycles. The highest BCUT2D eigenvalue weighted by atomic mass is 16.6. The van der Waals surface area contributed by atoms with Crippen LogP contribution in [0.15, 0.2) is 30.3 Å². The summed E-state index contributed by atoms with van der Waals surface area (Å²) in [6.07, 6.45) is 2.83. The highest BCUT2D eigenvalue weighted by molar-refractivity contribution is 5.86. The number of alkyl carbamates (subject to hydrolysis) is 1. The van der Waals surface area contributed by atoms with E-state index in [0.717, 1.165) is 12.8 Å². The van der Waals surface area contributed by atoms with Crippen molar-refractivity contribution >= 4 is 23.9 Å². The van der Waals surface area contributed by atoms with Crippen molar-refractivity contribution in [2.45, 2.75) is 84.4 Å². The predicted octanol–water partition coefficient (Wildman–Crippen LogP) is 3.79. The smallest absolute Gasteiger partial charge is 0.408 e. The van der Waals surface area contributed by atoms with Crippen LogP contribution in [0.5, 0.6) is 0 Å². The molecule has 2 rings (SSSR count). The monoisotopic (exact) mass is 503 g/mol. The third kappa shape index (κ3) is 9.17. The molecule has 0 heterocycles. The van der Waals surface area contributed by atoms with Crippen molar-refractivity contribution in [1.82, 2.24) is 16.0 Å². The lowest BCUT2D eigenvalue weighted by molar-refractivity contribution is -0.143. The highest BCUT2D eigenvalue weighted by Gasteiger charge is 2.32. The van der Waals surface area contributed by atoms with Gasteiger partial charge in [0, 0.05) is 12.5 Å². The van der Waals surface area contributed by atoms with Crippen LogP contribution in [0.3, 0.4) is 0 Å². The quantitative estimate of drug-likeness (QED) is 0.384. The number of carbonyl (C=O) groups excluding carboxylic acids is 3. The molecule has 3 atom stereocenters.